The van der Waals surface area contributed by atoms with E-state index in [2.05, 4.69) is 46.7 Å². The lowest BCUT2D eigenvalue weighted by Crippen LogP contribution is -2.30. The van der Waals surface area contributed by atoms with Crippen LogP contribution < -0.4 is 5.32 Å². The molecule has 2 atom stereocenters. The molecule has 4 heteroatoms. The summed E-state index contributed by atoms with van der Waals surface area (Å²) < 4.78 is 2.42. The standard InChI is InChI=1S/C17H32N4/c1-4-20(5-2)11-7-8-15(3)21-14-19-13-17(21)16-9-6-10-18-12-16/h13-16,18H,4-12H2,1-3H3. The monoisotopic (exact) mass is 292 g/mol. The minimum atomic E-state index is 0.556. The van der Waals surface area contributed by atoms with E-state index in [9.17, 15) is 0 Å². The summed E-state index contributed by atoms with van der Waals surface area (Å²) in [6.45, 7) is 12.6. The normalized spacial score (nSPS) is 20.9. The zero-order chi connectivity index (χ0) is 15.1. The van der Waals surface area contributed by atoms with Crippen LogP contribution in [-0.4, -0.2) is 47.2 Å². The van der Waals surface area contributed by atoms with Crippen LogP contribution in [0.25, 0.3) is 0 Å². The van der Waals surface area contributed by atoms with Crippen LogP contribution in [-0.2, 0) is 0 Å². The molecule has 1 aromatic rings. The fourth-order valence-corrected chi connectivity index (χ4v) is 3.39. The molecule has 2 rings (SSSR count). The molecule has 1 saturated heterocycles. The second-order valence-corrected chi connectivity index (χ2v) is 6.29. The van der Waals surface area contributed by atoms with Crippen LogP contribution in [0.5, 0.6) is 0 Å². The number of nitrogens with zero attached hydrogens (tertiary/aromatic N) is 3. The quantitative estimate of drug-likeness (QED) is 0.799. The molecule has 1 fully saturated rings. The SMILES string of the molecule is CCN(CC)CCCC(C)n1cncc1C1CCCNC1. The van der Waals surface area contributed by atoms with Gasteiger partial charge in [-0.1, -0.05) is 13.8 Å². The van der Waals surface area contributed by atoms with Gasteiger partial charge >= 0.3 is 0 Å². The third-order valence-corrected chi connectivity index (χ3v) is 4.88. The molecule has 0 aromatic carbocycles. The Morgan fingerprint density at radius 2 is 2.24 bits per heavy atom. The van der Waals surface area contributed by atoms with Gasteiger partial charge in [0.05, 0.1) is 6.33 Å². The number of aromatic nitrogens is 2. The highest BCUT2D eigenvalue weighted by Crippen LogP contribution is 2.26. The molecule has 1 aromatic heterocycles. The molecule has 0 spiro atoms. The molecule has 1 aliphatic rings. The number of hydrogen-bond donors (Lipinski definition) is 1. The Labute approximate surface area is 129 Å². The predicted molar refractivity (Wildman–Crippen MR) is 88.8 cm³/mol. The van der Waals surface area contributed by atoms with Crippen LogP contribution in [0.2, 0.25) is 0 Å². The van der Waals surface area contributed by atoms with E-state index >= 15 is 0 Å². The van der Waals surface area contributed by atoms with Crippen molar-refractivity contribution in [1.82, 2.24) is 19.8 Å². The van der Waals surface area contributed by atoms with Crippen LogP contribution in [0.4, 0.5) is 0 Å². The topological polar surface area (TPSA) is 33.1 Å². The van der Waals surface area contributed by atoms with Gasteiger partial charge in [-0.05, 0) is 58.8 Å². The summed E-state index contributed by atoms with van der Waals surface area (Å²) in [4.78, 5) is 6.93. The van der Waals surface area contributed by atoms with Gasteiger partial charge < -0.3 is 14.8 Å². The maximum absolute atomic E-state index is 4.42. The summed E-state index contributed by atoms with van der Waals surface area (Å²) in [7, 11) is 0. The van der Waals surface area contributed by atoms with Gasteiger partial charge in [0.2, 0.25) is 0 Å². The Kier molecular flexibility index (Phi) is 6.71. The smallest absolute Gasteiger partial charge is 0.0950 e. The van der Waals surface area contributed by atoms with Crippen molar-refractivity contribution in [3.8, 4) is 0 Å². The maximum atomic E-state index is 4.42. The molecule has 4 nitrogen and oxygen atoms in total. The lowest BCUT2D eigenvalue weighted by molar-refractivity contribution is 0.287. The van der Waals surface area contributed by atoms with E-state index in [1.165, 1.54) is 44.5 Å². The van der Waals surface area contributed by atoms with E-state index in [4.69, 9.17) is 0 Å². The predicted octanol–water partition coefficient (Wildman–Crippen LogP) is 3.03. The van der Waals surface area contributed by atoms with Gasteiger partial charge in [-0.2, -0.15) is 0 Å². The number of rotatable bonds is 8. The molecule has 0 radical (unpaired) electrons. The first kappa shape index (κ1) is 16.5. The Morgan fingerprint density at radius 3 is 2.90 bits per heavy atom. The van der Waals surface area contributed by atoms with Gasteiger partial charge in [-0.3, -0.25) is 0 Å². The zero-order valence-electron chi connectivity index (χ0n) is 14.0. The molecule has 0 bridgehead atoms. The lowest BCUT2D eigenvalue weighted by atomic mass is 9.96. The average molecular weight is 292 g/mol. The van der Waals surface area contributed by atoms with Crippen LogP contribution in [0, 0.1) is 0 Å². The van der Waals surface area contributed by atoms with Crippen LogP contribution in [0.1, 0.15) is 64.1 Å². The van der Waals surface area contributed by atoms with Crippen molar-refractivity contribution in [2.45, 2.75) is 58.4 Å². The largest absolute Gasteiger partial charge is 0.332 e. The number of hydrogen-bond acceptors (Lipinski definition) is 3. The van der Waals surface area contributed by atoms with Gasteiger partial charge in [0.1, 0.15) is 0 Å². The van der Waals surface area contributed by atoms with Crippen LogP contribution in [0.3, 0.4) is 0 Å². The second-order valence-electron chi connectivity index (χ2n) is 6.29. The maximum Gasteiger partial charge on any atom is 0.0950 e. The molecule has 120 valence electrons. The summed E-state index contributed by atoms with van der Waals surface area (Å²) in [6, 6.07) is 0.556. The second kappa shape index (κ2) is 8.54. The number of nitrogens with one attached hydrogen (secondary N) is 1. The molecule has 21 heavy (non-hydrogen) atoms. The molecule has 2 unspecified atom stereocenters. The van der Waals surface area contributed by atoms with Crippen molar-refractivity contribution in [3.05, 3.63) is 18.2 Å². The summed E-state index contributed by atoms with van der Waals surface area (Å²) in [6.07, 6.45) is 9.20. The Balaban J connectivity index is 1.87. The summed E-state index contributed by atoms with van der Waals surface area (Å²) in [5.74, 6) is 0.645. The van der Waals surface area contributed by atoms with Gasteiger partial charge in [0.15, 0.2) is 0 Å². The van der Waals surface area contributed by atoms with Crippen LogP contribution >= 0.6 is 0 Å². The van der Waals surface area contributed by atoms with E-state index in [0.717, 1.165) is 19.6 Å². The van der Waals surface area contributed by atoms with Crippen molar-refractivity contribution >= 4 is 0 Å². The summed E-state index contributed by atoms with van der Waals surface area (Å²) in [5.41, 5.74) is 1.43. The van der Waals surface area contributed by atoms with Crippen molar-refractivity contribution < 1.29 is 0 Å². The van der Waals surface area contributed by atoms with Gasteiger partial charge in [0.25, 0.3) is 0 Å². The van der Waals surface area contributed by atoms with Crippen molar-refractivity contribution in [2.75, 3.05) is 32.7 Å². The van der Waals surface area contributed by atoms with E-state index in [1.807, 2.05) is 6.33 Å². The molecule has 0 aliphatic carbocycles. The fraction of sp³-hybridized carbons (Fsp3) is 0.824. The van der Waals surface area contributed by atoms with Crippen LogP contribution in [0.15, 0.2) is 12.5 Å². The first-order valence-corrected chi connectivity index (χ1v) is 8.71. The highest BCUT2D eigenvalue weighted by atomic mass is 15.1. The molecule has 1 aliphatic heterocycles. The third-order valence-electron chi connectivity index (χ3n) is 4.88. The Hall–Kier alpha value is -0.870. The fourth-order valence-electron chi connectivity index (χ4n) is 3.39. The summed E-state index contributed by atoms with van der Waals surface area (Å²) in [5, 5.41) is 3.51. The minimum absolute atomic E-state index is 0.556. The molecule has 2 heterocycles. The van der Waals surface area contributed by atoms with Crippen molar-refractivity contribution in [1.29, 1.82) is 0 Å². The first-order chi connectivity index (χ1) is 10.3. The van der Waals surface area contributed by atoms with Crippen molar-refractivity contribution in [3.63, 3.8) is 0 Å². The highest BCUT2D eigenvalue weighted by Gasteiger charge is 2.20. The highest BCUT2D eigenvalue weighted by molar-refractivity contribution is 5.09. The third kappa shape index (κ3) is 4.55. The van der Waals surface area contributed by atoms with Crippen molar-refractivity contribution in [2.24, 2.45) is 0 Å². The average Bonchev–Trinajstić information content (AvgIpc) is 3.02. The molecule has 1 N–H and O–H groups in total. The molecular formula is C17H32N4. The van der Waals surface area contributed by atoms with E-state index in [-0.39, 0.29) is 0 Å². The molecule has 0 saturated carbocycles. The van der Waals surface area contributed by atoms with E-state index in [1.54, 1.807) is 0 Å². The number of piperidine rings is 1. The zero-order valence-corrected chi connectivity index (χ0v) is 14.0. The van der Waals surface area contributed by atoms with Gasteiger partial charge in [-0.25, -0.2) is 4.98 Å². The molecular weight excluding hydrogens is 260 g/mol. The lowest BCUT2D eigenvalue weighted by Gasteiger charge is -2.26. The van der Waals surface area contributed by atoms with Gasteiger partial charge in [0, 0.05) is 30.4 Å². The van der Waals surface area contributed by atoms with E-state index < -0.39 is 0 Å². The van der Waals surface area contributed by atoms with Gasteiger partial charge in [-0.15, -0.1) is 0 Å². The Morgan fingerprint density at radius 1 is 1.43 bits per heavy atom. The molecule has 0 amide bonds. The van der Waals surface area contributed by atoms with E-state index in [0.29, 0.717) is 12.0 Å². The summed E-state index contributed by atoms with van der Waals surface area (Å²) >= 11 is 0. The Bertz CT molecular complexity index is 391. The minimum Gasteiger partial charge on any atom is -0.332 e. The first-order valence-electron chi connectivity index (χ1n) is 8.71. The number of imidazole rings is 1.